The molecule has 1 amide bonds. The number of carboxylic acid groups (broad SMARTS) is 1. The number of ether oxygens (including phenoxy) is 1. The van der Waals surface area contributed by atoms with Crippen LogP contribution in [0.15, 0.2) is 29.6 Å². The number of hydrogen-bond acceptors (Lipinski definition) is 5. The number of carbonyl (C=O) groups excluding carboxylic acids is 1. The van der Waals surface area contributed by atoms with Crippen LogP contribution < -0.4 is 9.64 Å². The molecule has 0 bridgehead atoms. The second kappa shape index (κ2) is 7.63. The number of nitrogens with zero attached hydrogens (tertiary/aromatic N) is 2. The quantitative estimate of drug-likeness (QED) is 0.780. The van der Waals surface area contributed by atoms with Gasteiger partial charge in [-0.15, -0.1) is 11.3 Å². The number of rotatable bonds is 5. The molecule has 0 spiro atoms. The number of halogens is 1. The van der Waals surface area contributed by atoms with E-state index in [4.69, 9.17) is 16.7 Å². The van der Waals surface area contributed by atoms with Crippen LogP contribution >= 0.6 is 22.9 Å². The van der Waals surface area contributed by atoms with Crippen LogP contribution in [0.5, 0.6) is 5.88 Å². The fourth-order valence-electron chi connectivity index (χ4n) is 2.38. The van der Waals surface area contributed by atoms with E-state index in [1.54, 1.807) is 29.2 Å². The first kappa shape index (κ1) is 18.2. The smallest absolute Gasteiger partial charge is 0.449 e. The average molecular weight is 369 g/mol. The normalized spacial score (nSPS) is 12.0. The molecule has 0 saturated heterocycles. The van der Waals surface area contributed by atoms with Crippen molar-refractivity contribution in [3.8, 4) is 5.88 Å². The van der Waals surface area contributed by atoms with Crippen LogP contribution in [-0.4, -0.2) is 22.2 Å². The third kappa shape index (κ3) is 4.24. The van der Waals surface area contributed by atoms with Gasteiger partial charge in [0, 0.05) is 17.6 Å². The Morgan fingerprint density at radius 2 is 1.92 bits per heavy atom. The van der Waals surface area contributed by atoms with Crippen molar-refractivity contribution < 1.29 is 19.4 Å². The molecule has 0 aliphatic rings. The lowest BCUT2D eigenvalue weighted by atomic mass is 10.0. The molecule has 24 heavy (non-hydrogen) atoms. The van der Waals surface area contributed by atoms with Crippen molar-refractivity contribution in [3.63, 3.8) is 0 Å². The van der Waals surface area contributed by atoms with E-state index in [9.17, 15) is 9.59 Å². The predicted octanol–water partition coefficient (Wildman–Crippen LogP) is 4.60. The van der Waals surface area contributed by atoms with Gasteiger partial charge in [0.1, 0.15) is 5.01 Å². The minimum absolute atomic E-state index is 0.00718. The molecule has 1 heterocycles. The first-order valence-corrected chi connectivity index (χ1v) is 8.47. The lowest BCUT2D eigenvalue weighted by Crippen LogP contribution is -2.36. The van der Waals surface area contributed by atoms with Crippen LogP contribution in [0.1, 0.15) is 31.8 Å². The van der Waals surface area contributed by atoms with Crippen LogP contribution in [0.25, 0.3) is 0 Å². The Morgan fingerprint density at radius 3 is 2.42 bits per heavy atom. The number of benzene rings is 1. The first-order chi connectivity index (χ1) is 11.3. The second-order valence-corrected chi connectivity index (χ2v) is 6.77. The number of hydrogen-bond donors (Lipinski definition) is 1. The Kier molecular flexibility index (Phi) is 5.80. The van der Waals surface area contributed by atoms with E-state index in [1.807, 2.05) is 13.8 Å². The highest BCUT2D eigenvalue weighted by atomic mass is 35.5. The van der Waals surface area contributed by atoms with E-state index in [2.05, 4.69) is 9.72 Å². The summed E-state index contributed by atoms with van der Waals surface area (Å²) in [6.45, 7) is 5.41. The Bertz CT molecular complexity index is 730. The van der Waals surface area contributed by atoms with Crippen LogP contribution in [0.3, 0.4) is 0 Å². The first-order valence-electron chi connectivity index (χ1n) is 7.21. The highest BCUT2D eigenvalue weighted by molar-refractivity contribution is 7.09. The molecule has 2 aromatic rings. The molecule has 1 unspecified atom stereocenters. The monoisotopic (exact) mass is 368 g/mol. The van der Waals surface area contributed by atoms with Crippen molar-refractivity contribution in [1.29, 1.82) is 0 Å². The van der Waals surface area contributed by atoms with Gasteiger partial charge < -0.3 is 14.7 Å². The number of anilines is 1. The van der Waals surface area contributed by atoms with E-state index in [-0.39, 0.29) is 23.7 Å². The number of carbonyl (C=O) groups is 2. The van der Waals surface area contributed by atoms with Crippen molar-refractivity contribution >= 4 is 40.7 Å². The molecule has 6 nitrogen and oxygen atoms in total. The summed E-state index contributed by atoms with van der Waals surface area (Å²) >= 11 is 7.17. The van der Waals surface area contributed by atoms with Gasteiger partial charge in [0.15, 0.2) is 0 Å². The summed E-state index contributed by atoms with van der Waals surface area (Å²) in [5, 5.41) is 11.4. The molecule has 0 radical (unpaired) electrons. The zero-order valence-corrected chi connectivity index (χ0v) is 15.0. The minimum atomic E-state index is -1.42. The lowest BCUT2D eigenvalue weighted by Gasteiger charge is -2.32. The van der Waals surface area contributed by atoms with Gasteiger partial charge in [-0.25, -0.2) is 9.78 Å². The molecule has 0 aliphatic heterocycles. The van der Waals surface area contributed by atoms with Gasteiger partial charge in [0.2, 0.25) is 11.8 Å². The summed E-state index contributed by atoms with van der Waals surface area (Å²) in [5.74, 6) is -0.0897. The maximum atomic E-state index is 12.3. The van der Waals surface area contributed by atoms with Gasteiger partial charge in [-0.05, 0) is 30.2 Å². The number of aromatic nitrogens is 1. The average Bonchev–Trinajstić information content (AvgIpc) is 2.92. The highest BCUT2D eigenvalue weighted by Gasteiger charge is 2.30. The topological polar surface area (TPSA) is 79.7 Å². The molecule has 128 valence electrons. The SMILES string of the molecule is CC(=O)N(c1ccc(Cl)cc1)C(c1nc(OC(=O)O)cs1)C(C)C. The highest BCUT2D eigenvalue weighted by Crippen LogP contribution is 2.36. The molecule has 1 N–H and O–H groups in total. The van der Waals surface area contributed by atoms with Crippen LogP contribution in [0, 0.1) is 5.92 Å². The lowest BCUT2D eigenvalue weighted by molar-refractivity contribution is -0.117. The Morgan fingerprint density at radius 1 is 1.29 bits per heavy atom. The van der Waals surface area contributed by atoms with Gasteiger partial charge in [-0.2, -0.15) is 0 Å². The molecule has 0 fully saturated rings. The summed E-state index contributed by atoms with van der Waals surface area (Å²) in [6, 6.07) is 6.61. The summed E-state index contributed by atoms with van der Waals surface area (Å²) in [7, 11) is 0. The van der Waals surface area contributed by atoms with Crippen molar-refractivity contribution in [3.05, 3.63) is 39.7 Å². The van der Waals surface area contributed by atoms with Crippen LogP contribution in [-0.2, 0) is 4.79 Å². The fourth-order valence-corrected chi connectivity index (χ4v) is 3.49. The standard InChI is InChI=1S/C16H17ClN2O4S/c1-9(2)14(15-18-13(8-24-15)23-16(21)22)19(10(3)20)12-6-4-11(17)5-7-12/h4-9,14H,1-3H3,(H,21,22). The summed E-state index contributed by atoms with van der Waals surface area (Å²) in [5.41, 5.74) is 0.696. The van der Waals surface area contributed by atoms with Gasteiger partial charge in [0.05, 0.1) is 11.4 Å². The van der Waals surface area contributed by atoms with Gasteiger partial charge in [-0.3, -0.25) is 4.79 Å². The predicted molar refractivity (Wildman–Crippen MR) is 93.0 cm³/mol. The molecule has 8 heteroatoms. The van der Waals surface area contributed by atoms with E-state index in [0.717, 1.165) is 0 Å². The molecule has 2 rings (SSSR count). The van der Waals surface area contributed by atoms with Crippen LogP contribution in [0.2, 0.25) is 5.02 Å². The third-order valence-electron chi connectivity index (χ3n) is 3.30. The second-order valence-electron chi connectivity index (χ2n) is 5.45. The van der Waals surface area contributed by atoms with E-state index in [0.29, 0.717) is 15.7 Å². The van der Waals surface area contributed by atoms with E-state index in [1.165, 1.54) is 23.6 Å². The molecule has 1 aromatic carbocycles. The summed E-state index contributed by atoms with van der Waals surface area (Å²) in [6.07, 6.45) is -1.42. The van der Waals surface area contributed by atoms with E-state index >= 15 is 0 Å². The zero-order chi connectivity index (χ0) is 17.9. The Labute approximate surface area is 148 Å². The Hall–Kier alpha value is -2.12. The third-order valence-corrected chi connectivity index (χ3v) is 4.45. The van der Waals surface area contributed by atoms with Gasteiger partial charge in [-0.1, -0.05) is 25.4 Å². The van der Waals surface area contributed by atoms with Gasteiger partial charge >= 0.3 is 6.16 Å². The van der Waals surface area contributed by atoms with Crippen molar-refractivity contribution in [2.45, 2.75) is 26.8 Å². The van der Waals surface area contributed by atoms with Crippen molar-refractivity contribution in [2.75, 3.05) is 4.90 Å². The Balaban J connectivity index is 2.42. The molecular formula is C16H17ClN2O4S. The maximum Gasteiger partial charge on any atom is 0.512 e. The zero-order valence-electron chi connectivity index (χ0n) is 13.4. The molecule has 0 saturated carbocycles. The molecule has 0 aliphatic carbocycles. The summed E-state index contributed by atoms with van der Waals surface area (Å²) < 4.78 is 4.58. The van der Waals surface area contributed by atoms with Crippen molar-refractivity contribution in [2.24, 2.45) is 5.92 Å². The summed E-state index contributed by atoms with van der Waals surface area (Å²) in [4.78, 5) is 28.8. The van der Waals surface area contributed by atoms with Crippen LogP contribution in [0.4, 0.5) is 10.5 Å². The molecule has 1 aromatic heterocycles. The number of amides is 1. The largest absolute Gasteiger partial charge is 0.512 e. The van der Waals surface area contributed by atoms with E-state index < -0.39 is 6.16 Å². The molecular weight excluding hydrogens is 352 g/mol. The molecule has 1 atom stereocenters. The minimum Gasteiger partial charge on any atom is -0.449 e. The number of thiazole rings is 1. The van der Waals surface area contributed by atoms with Crippen molar-refractivity contribution in [1.82, 2.24) is 4.98 Å². The fraction of sp³-hybridized carbons (Fsp3) is 0.312. The maximum absolute atomic E-state index is 12.3. The van der Waals surface area contributed by atoms with Gasteiger partial charge in [0.25, 0.3) is 0 Å².